The molecule has 0 aliphatic carbocycles. The molecule has 0 aromatic heterocycles. The molecule has 2 aromatic rings. The van der Waals surface area contributed by atoms with Gasteiger partial charge in [-0.05, 0) is 17.7 Å². The van der Waals surface area contributed by atoms with Crippen LogP contribution in [-0.4, -0.2) is 5.11 Å². The number of phenolic OH excluding ortho intramolecular Hbond substituents is 1. The van der Waals surface area contributed by atoms with Crippen LogP contribution in [0.5, 0.6) is 5.75 Å². The first-order valence-corrected chi connectivity index (χ1v) is 7.19. The third-order valence-corrected chi connectivity index (χ3v) is 3.80. The molecular formula is C12H10ClO2P. The molecule has 2 nitrogen and oxygen atoms in total. The minimum atomic E-state index is -2.29. The Morgan fingerprint density at radius 1 is 0.938 bits per heavy atom. The summed E-state index contributed by atoms with van der Waals surface area (Å²) in [5.41, 5.74) is 1.37. The van der Waals surface area contributed by atoms with E-state index in [0.29, 0.717) is 10.9 Å². The smallest absolute Gasteiger partial charge is 0.186 e. The van der Waals surface area contributed by atoms with Gasteiger partial charge < -0.3 is 9.67 Å². The van der Waals surface area contributed by atoms with Crippen LogP contribution in [0, 0.1) is 0 Å². The highest BCUT2D eigenvalue weighted by molar-refractivity contribution is 7.80. The maximum atomic E-state index is 11.4. The van der Waals surface area contributed by atoms with Gasteiger partial charge in [-0.15, -0.1) is 0 Å². The third-order valence-electron chi connectivity index (χ3n) is 2.33. The summed E-state index contributed by atoms with van der Waals surface area (Å²) in [5, 5.41) is 10.3. The maximum Gasteiger partial charge on any atom is 0.186 e. The summed E-state index contributed by atoms with van der Waals surface area (Å²) in [6, 6.07) is 14.1. The van der Waals surface area contributed by atoms with Crippen molar-refractivity contribution in [1.82, 2.24) is 0 Å². The first-order chi connectivity index (χ1) is 7.70. The van der Waals surface area contributed by atoms with Crippen molar-refractivity contribution in [2.75, 3.05) is 0 Å². The van der Waals surface area contributed by atoms with E-state index >= 15 is 0 Å². The van der Waals surface area contributed by atoms with Crippen LogP contribution >= 0.6 is 18.4 Å². The molecule has 0 saturated heterocycles. The Labute approximate surface area is 99.1 Å². The summed E-state index contributed by atoms with van der Waals surface area (Å²) in [7, 11) is -2.29. The highest BCUT2D eigenvalue weighted by Gasteiger charge is 2.10. The van der Waals surface area contributed by atoms with E-state index in [1.54, 1.807) is 36.4 Å². The van der Waals surface area contributed by atoms with Crippen LogP contribution in [-0.2, 0) is 4.57 Å². The lowest BCUT2D eigenvalue weighted by Crippen LogP contribution is -1.98. The number of rotatable bonds is 2. The number of hydrogen-bond acceptors (Lipinski definition) is 2. The molecule has 82 valence electrons. The molecule has 1 unspecified atom stereocenters. The lowest BCUT2D eigenvalue weighted by atomic mass is 10.0. The maximum absolute atomic E-state index is 11.4. The Kier molecular flexibility index (Phi) is 3.33. The third kappa shape index (κ3) is 2.13. The van der Waals surface area contributed by atoms with Crippen molar-refractivity contribution in [3.63, 3.8) is 0 Å². The molecule has 2 aromatic carbocycles. The molecule has 16 heavy (non-hydrogen) atoms. The lowest BCUT2D eigenvalue weighted by Gasteiger charge is -2.08. The van der Waals surface area contributed by atoms with E-state index in [1.807, 2.05) is 12.1 Å². The Balaban J connectivity index is 2.65. The molecule has 0 amide bonds. The van der Waals surface area contributed by atoms with Gasteiger partial charge in [-0.25, -0.2) is 0 Å². The van der Waals surface area contributed by atoms with Crippen LogP contribution in [0.1, 0.15) is 0 Å². The molecule has 0 aliphatic heterocycles. The van der Waals surface area contributed by atoms with Gasteiger partial charge in [0.2, 0.25) is 0 Å². The highest BCUT2D eigenvalue weighted by Crippen LogP contribution is 2.34. The predicted octanol–water partition coefficient (Wildman–Crippen LogP) is 3.40. The molecule has 0 aliphatic rings. The van der Waals surface area contributed by atoms with Gasteiger partial charge in [0.25, 0.3) is 0 Å². The summed E-state index contributed by atoms with van der Waals surface area (Å²) in [4.78, 5) is 0. The second kappa shape index (κ2) is 4.73. The van der Waals surface area contributed by atoms with Crippen LogP contribution in [0.15, 0.2) is 48.5 Å². The van der Waals surface area contributed by atoms with Crippen molar-refractivity contribution in [2.24, 2.45) is 0 Å². The first-order valence-electron chi connectivity index (χ1n) is 4.77. The van der Waals surface area contributed by atoms with Gasteiger partial charge in [0.05, 0.1) is 0 Å². The van der Waals surface area contributed by atoms with E-state index < -0.39 is 7.15 Å². The van der Waals surface area contributed by atoms with E-state index in [2.05, 4.69) is 0 Å². The molecule has 2 rings (SSSR count). The first kappa shape index (κ1) is 11.3. The van der Waals surface area contributed by atoms with Crippen molar-refractivity contribution < 1.29 is 9.67 Å². The zero-order valence-electron chi connectivity index (χ0n) is 8.35. The van der Waals surface area contributed by atoms with Gasteiger partial charge in [0.1, 0.15) is 5.75 Å². The molecule has 0 heterocycles. The fourth-order valence-corrected chi connectivity index (χ4v) is 2.74. The molecule has 1 atom stereocenters. The number of para-hydroxylation sites is 1. The second-order valence-corrected chi connectivity index (χ2v) is 5.45. The molecule has 0 saturated carbocycles. The number of aromatic hydroxyl groups is 1. The summed E-state index contributed by atoms with van der Waals surface area (Å²) in [6.07, 6.45) is 0. The van der Waals surface area contributed by atoms with E-state index in [-0.39, 0.29) is 5.75 Å². The van der Waals surface area contributed by atoms with E-state index in [9.17, 15) is 9.67 Å². The van der Waals surface area contributed by atoms with Gasteiger partial charge in [0.15, 0.2) is 7.15 Å². The Morgan fingerprint density at radius 3 is 2.12 bits per heavy atom. The normalized spacial score (nSPS) is 12.3. The Morgan fingerprint density at radius 2 is 1.50 bits per heavy atom. The van der Waals surface area contributed by atoms with Crippen molar-refractivity contribution in [3.8, 4) is 16.9 Å². The van der Waals surface area contributed by atoms with Gasteiger partial charge in [-0.1, -0.05) is 47.6 Å². The van der Waals surface area contributed by atoms with E-state index in [1.165, 1.54) is 0 Å². The standard InChI is InChI=1S/C12H10ClO2P/c13-16(15)12-8-4-2-6-10(12)9-5-1-3-7-11(9)14/h1-8,14,16H. The van der Waals surface area contributed by atoms with Crippen LogP contribution < -0.4 is 5.30 Å². The molecule has 4 heteroatoms. The van der Waals surface area contributed by atoms with E-state index in [0.717, 1.165) is 5.56 Å². The van der Waals surface area contributed by atoms with Gasteiger partial charge in [-0.3, -0.25) is 0 Å². The lowest BCUT2D eigenvalue weighted by molar-refractivity contribution is 0.477. The number of benzene rings is 2. The predicted molar refractivity (Wildman–Crippen MR) is 68.0 cm³/mol. The monoisotopic (exact) mass is 252 g/mol. The highest BCUT2D eigenvalue weighted by atomic mass is 35.7. The SMILES string of the molecule is O=[PH](Cl)c1ccccc1-c1ccccc1O. The van der Waals surface area contributed by atoms with Gasteiger partial charge >= 0.3 is 0 Å². The fraction of sp³-hybridized carbons (Fsp3) is 0. The summed E-state index contributed by atoms with van der Waals surface area (Å²) >= 11 is 5.68. The zero-order chi connectivity index (χ0) is 11.5. The fourth-order valence-electron chi connectivity index (χ4n) is 1.59. The Bertz CT molecular complexity index is 540. The average molecular weight is 253 g/mol. The van der Waals surface area contributed by atoms with Crippen LogP contribution in [0.25, 0.3) is 11.1 Å². The van der Waals surface area contributed by atoms with Crippen molar-refractivity contribution in [2.45, 2.75) is 0 Å². The van der Waals surface area contributed by atoms with E-state index in [4.69, 9.17) is 11.2 Å². The number of halogens is 1. The molecule has 0 spiro atoms. The van der Waals surface area contributed by atoms with Gasteiger partial charge in [0, 0.05) is 10.9 Å². The molecule has 0 fully saturated rings. The van der Waals surface area contributed by atoms with Crippen molar-refractivity contribution >= 4 is 23.7 Å². The topological polar surface area (TPSA) is 37.3 Å². The number of phenols is 1. The second-order valence-electron chi connectivity index (χ2n) is 3.34. The minimum Gasteiger partial charge on any atom is -0.507 e. The van der Waals surface area contributed by atoms with Crippen LogP contribution in [0.3, 0.4) is 0 Å². The zero-order valence-corrected chi connectivity index (χ0v) is 10.1. The average Bonchev–Trinajstić information content (AvgIpc) is 2.29. The minimum absolute atomic E-state index is 0.162. The van der Waals surface area contributed by atoms with Crippen LogP contribution in [0.4, 0.5) is 0 Å². The van der Waals surface area contributed by atoms with Crippen molar-refractivity contribution in [1.29, 1.82) is 0 Å². The largest absolute Gasteiger partial charge is 0.507 e. The summed E-state index contributed by atoms with van der Waals surface area (Å²) in [5.74, 6) is 0.162. The summed E-state index contributed by atoms with van der Waals surface area (Å²) < 4.78 is 11.4. The Hall–Kier alpha value is -1.24. The van der Waals surface area contributed by atoms with Crippen LogP contribution in [0.2, 0.25) is 0 Å². The molecule has 0 radical (unpaired) electrons. The molecular weight excluding hydrogens is 243 g/mol. The number of hydrogen-bond donors (Lipinski definition) is 1. The molecule has 1 N–H and O–H groups in total. The van der Waals surface area contributed by atoms with Gasteiger partial charge in [-0.2, -0.15) is 0 Å². The van der Waals surface area contributed by atoms with Crippen molar-refractivity contribution in [3.05, 3.63) is 48.5 Å². The molecule has 0 bridgehead atoms. The summed E-state index contributed by atoms with van der Waals surface area (Å²) in [6.45, 7) is 0. The quantitative estimate of drug-likeness (QED) is 0.832.